The van der Waals surface area contributed by atoms with E-state index in [1.54, 1.807) is 23.1 Å². The summed E-state index contributed by atoms with van der Waals surface area (Å²) in [6, 6.07) is 33.5. The minimum absolute atomic E-state index is 0.713. The van der Waals surface area contributed by atoms with Crippen molar-refractivity contribution in [3.63, 3.8) is 0 Å². The number of nitrogens with zero attached hydrogens (tertiary/aromatic N) is 1. The first-order chi connectivity index (χ1) is 23.2. The van der Waals surface area contributed by atoms with Gasteiger partial charge in [0.25, 0.3) is 0 Å². The monoisotopic (exact) mass is 685 g/mol. The molecule has 8 rings (SSSR count). The molecule has 0 amide bonds. The van der Waals surface area contributed by atoms with Crippen molar-refractivity contribution < 1.29 is 4.74 Å². The fourth-order valence-electron chi connectivity index (χ4n) is 6.76. The molecular weight excluding hydrogens is 651 g/mol. The molecule has 1 unspecified atom stereocenters. The highest BCUT2D eigenvalue weighted by Gasteiger charge is 2.39. The summed E-state index contributed by atoms with van der Waals surface area (Å²) in [4.78, 5) is 10.1. The molecular formula is C41H35NOS4. The van der Waals surface area contributed by atoms with Crippen molar-refractivity contribution in [2.24, 2.45) is 0 Å². The third kappa shape index (κ3) is 5.61. The number of hydrogen-bond donors (Lipinski definition) is 0. The van der Waals surface area contributed by atoms with Gasteiger partial charge in [0.1, 0.15) is 5.75 Å². The van der Waals surface area contributed by atoms with Gasteiger partial charge >= 0.3 is 0 Å². The van der Waals surface area contributed by atoms with E-state index in [1.807, 2.05) is 28.1 Å². The van der Waals surface area contributed by atoms with Crippen LogP contribution in [0.1, 0.15) is 47.1 Å². The number of anilines is 1. The van der Waals surface area contributed by atoms with E-state index in [0.717, 1.165) is 36.4 Å². The van der Waals surface area contributed by atoms with Crippen molar-refractivity contribution in [3.8, 4) is 25.9 Å². The Bertz CT molecular complexity index is 2110. The SMILES string of the molecule is C=CS/C(=C\CC)c1ccc(-c2cccc3c4c(ccc23)OC(c2ccc(N3CCCC3)cc2)(c2ccc(-c3cccs3)s2)C=C4)s1. The first kappa shape index (κ1) is 30.5. The van der Waals surface area contributed by atoms with E-state index in [0.29, 0.717) is 0 Å². The van der Waals surface area contributed by atoms with E-state index < -0.39 is 5.60 Å². The first-order valence-corrected chi connectivity index (χ1v) is 19.6. The highest BCUT2D eigenvalue weighted by atomic mass is 32.2. The Labute approximate surface area is 293 Å². The predicted molar refractivity (Wildman–Crippen MR) is 209 cm³/mol. The highest BCUT2D eigenvalue weighted by Crippen LogP contribution is 2.49. The summed E-state index contributed by atoms with van der Waals surface area (Å²) in [6.07, 6.45) is 10.4. The van der Waals surface area contributed by atoms with Gasteiger partial charge < -0.3 is 9.64 Å². The van der Waals surface area contributed by atoms with Gasteiger partial charge in [0.05, 0.1) is 4.88 Å². The van der Waals surface area contributed by atoms with E-state index >= 15 is 0 Å². The van der Waals surface area contributed by atoms with Crippen molar-refractivity contribution in [1.82, 2.24) is 0 Å². The van der Waals surface area contributed by atoms with Gasteiger partial charge in [-0.15, -0.1) is 34.0 Å². The molecule has 0 bridgehead atoms. The van der Waals surface area contributed by atoms with Crippen LogP contribution >= 0.6 is 45.8 Å². The molecule has 6 heteroatoms. The summed E-state index contributed by atoms with van der Waals surface area (Å²) in [5.74, 6) is 0.911. The van der Waals surface area contributed by atoms with Crippen LogP contribution in [0.25, 0.3) is 41.9 Å². The average molecular weight is 686 g/mol. The number of fused-ring (bicyclic) bond motifs is 3. The lowest BCUT2D eigenvalue weighted by molar-refractivity contribution is 0.165. The van der Waals surface area contributed by atoms with Crippen molar-refractivity contribution in [2.45, 2.75) is 31.8 Å². The fourth-order valence-corrected chi connectivity index (χ4v) is 10.6. The Kier molecular flexibility index (Phi) is 8.44. The zero-order valence-corrected chi connectivity index (χ0v) is 29.5. The summed E-state index contributed by atoms with van der Waals surface area (Å²) >= 11 is 7.15. The molecule has 6 aromatic rings. The van der Waals surface area contributed by atoms with Crippen LogP contribution in [-0.4, -0.2) is 13.1 Å². The molecule has 5 heterocycles. The second-order valence-electron chi connectivity index (χ2n) is 11.9. The van der Waals surface area contributed by atoms with Gasteiger partial charge in [0.2, 0.25) is 0 Å². The van der Waals surface area contributed by atoms with Gasteiger partial charge in [0.15, 0.2) is 5.60 Å². The maximum Gasteiger partial charge on any atom is 0.187 e. The van der Waals surface area contributed by atoms with Crippen molar-refractivity contribution in [3.05, 3.63) is 141 Å². The lowest BCUT2D eigenvalue weighted by Gasteiger charge is -2.35. The fraction of sp³-hybridized carbons (Fsp3) is 0.171. The van der Waals surface area contributed by atoms with E-state index in [4.69, 9.17) is 4.74 Å². The first-order valence-electron chi connectivity index (χ1n) is 16.2. The molecule has 0 N–H and O–H groups in total. The molecule has 1 saturated heterocycles. The normalized spacial score (nSPS) is 17.6. The minimum Gasteiger partial charge on any atom is -0.472 e. The van der Waals surface area contributed by atoms with E-state index in [2.05, 4.69) is 133 Å². The number of ether oxygens (including phenoxy) is 1. The Morgan fingerprint density at radius 1 is 0.872 bits per heavy atom. The smallest absolute Gasteiger partial charge is 0.187 e. The van der Waals surface area contributed by atoms with E-state index in [9.17, 15) is 0 Å². The summed E-state index contributed by atoms with van der Waals surface area (Å²) < 4.78 is 7.23. The van der Waals surface area contributed by atoms with Crippen LogP contribution in [-0.2, 0) is 5.60 Å². The Morgan fingerprint density at radius 2 is 1.72 bits per heavy atom. The van der Waals surface area contributed by atoms with Crippen LogP contribution in [0.3, 0.4) is 0 Å². The van der Waals surface area contributed by atoms with Crippen molar-refractivity contribution in [2.75, 3.05) is 18.0 Å². The van der Waals surface area contributed by atoms with E-state index in [1.165, 1.54) is 64.2 Å². The minimum atomic E-state index is -0.713. The van der Waals surface area contributed by atoms with E-state index in [-0.39, 0.29) is 0 Å². The second-order valence-corrected chi connectivity index (χ2v) is 16.0. The largest absolute Gasteiger partial charge is 0.472 e. The number of rotatable bonds is 9. The van der Waals surface area contributed by atoms with Gasteiger partial charge in [0, 0.05) is 54.3 Å². The van der Waals surface area contributed by atoms with Crippen LogP contribution in [0.5, 0.6) is 5.75 Å². The van der Waals surface area contributed by atoms with Gasteiger partial charge in [-0.3, -0.25) is 0 Å². The Morgan fingerprint density at radius 3 is 2.51 bits per heavy atom. The second kappa shape index (κ2) is 13.0. The molecule has 47 heavy (non-hydrogen) atoms. The number of benzene rings is 3. The maximum atomic E-state index is 7.23. The maximum absolute atomic E-state index is 7.23. The van der Waals surface area contributed by atoms with Crippen LogP contribution in [0.15, 0.2) is 121 Å². The molecule has 1 atom stereocenters. The predicted octanol–water partition coefficient (Wildman–Crippen LogP) is 12.9. The van der Waals surface area contributed by atoms with Gasteiger partial charge in [-0.05, 0) is 113 Å². The number of allylic oxidation sites excluding steroid dienone is 1. The summed E-state index contributed by atoms with van der Waals surface area (Å²) in [7, 11) is 0. The number of thioether (sulfide) groups is 1. The molecule has 0 saturated carbocycles. The van der Waals surface area contributed by atoms with Gasteiger partial charge in [-0.2, -0.15) is 0 Å². The molecule has 0 spiro atoms. The zero-order chi connectivity index (χ0) is 31.8. The summed E-state index contributed by atoms with van der Waals surface area (Å²) in [6.45, 7) is 8.39. The van der Waals surface area contributed by atoms with Gasteiger partial charge in [-0.25, -0.2) is 0 Å². The van der Waals surface area contributed by atoms with Crippen LogP contribution in [0.4, 0.5) is 5.69 Å². The van der Waals surface area contributed by atoms with Gasteiger partial charge in [-0.1, -0.05) is 67.7 Å². The molecule has 3 aromatic carbocycles. The lowest BCUT2D eigenvalue weighted by Crippen LogP contribution is -2.33. The lowest BCUT2D eigenvalue weighted by atomic mass is 9.87. The summed E-state index contributed by atoms with van der Waals surface area (Å²) in [5.41, 5.74) is 4.12. The number of thiophene rings is 3. The summed E-state index contributed by atoms with van der Waals surface area (Å²) in [5, 5.41) is 6.51. The molecule has 0 radical (unpaired) electrons. The number of hydrogen-bond acceptors (Lipinski definition) is 6. The molecule has 2 aliphatic heterocycles. The van der Waals surface area contributed by atoms with Crippen LogP contribution in [0.2, 0.25) is 0 Å². The van der Waals surface area contributed by atoms with Crippen LogP contribution < -0.4 is 9.64 Å². The zero-order valence-electron chi connectivity index (χ0n) is 26.3. The highest BCUT2D eigenvalue weighted by molar-refractivity contribution is 8.11. The van der Waals surface area contributed by atoms with Crippen molar-refractivity contribution in [1.29, 1.82) is 0 Å². The Balaban J connectivity index is 1.21. The molecule has 1 fully saturated rings. The average Bonchev–Trinajstić information content (AvgIpc) is 3.95. The quantitative estimate of drug-likeness (QED) is 0.150. The molecule has 2 aliphatic rings. The molecule has 0 aliphatic carbocycles. The molecule has 234 valence electrons. The third-order valence-corrected chi connectivity index (χ3v) is 13.4. The van der Waals surface area contributed by atoms with Crippen LogP contribution in [0, 0.1) is 0 Å². The molecule has 2 nitrogen and oxygen atoms in total. The third-order valence-electron chi connectivity index (χ3n) is 9.04. The standard InChI is InChI=1S/C41H35NOS4/c1-3-9-36(44-4-2)38-20-19-35(46-38)33-11-7-10-30-31(33)17-18-34-32(30)23-24-41(43-34,40-22-21-39(47-40)37-12-8-27-45-37)28-13-15-29(16-14-28)42-25-5-6-26-42/h4,7-24,27H,2-3,5-6,25-26H2,1H3/b36-9-. The topological polar surface area (TPSA) is 12.5 Å². The Hall–Kier alpha value is -3.81. The molecule has 3 aromatic heterocycles. The van der Waals surface area contributed by atoms with Crippen molar-refractivity contribution >= 4 is 73.2 Å².